The first-order chi connectivity index (χ1) is 39.2. The van der Waals surface area contributed by atoms with Crippen LogP contribution in [0.3, 0.4) is 0 Å². The van der Waals surface area contributed by atoms with Gasteiger partial charge in [0.2, 0.25) is 0 Å². The van der Waals surface area contributed by atoms with E-state index in [2.05, 4.69) is 247 Å². The van der Waals surface area contributed by atoms with Crippen LogP contribution in [0.2, 0.25) is 0 Å². The molecule has 0 amide bonds. The number of thioether (sulfide) groups is 4. The minimum Gasteiger partial charge on any atom is -0.142 e. The van der Waals surface area contributed by atoms with Crippen molar-refractivity contribution >= 4 is 228 Å². The molecule has 0 saturated heterocycles. The first-order valence-electron chi connectivity index (χ1n) is 29.3. The lowest BCUT2D eigenvalue weighted by atomic mass is 10.1. The highest BCUT2D eigenvalue weighted by Gasteiger charge is 2.26. The predicted octanol–water partition coefficient (Wildman–Crippen LogP) is 30.1. The summed E-state index contributed by atoms with van der Waals surface area (Å²) in [5.74, 6) is 4.74. The molecule has 0 aliphatic rings. The van der Waals surface area contributed by atoms with Gasteiger partial charge in [0.25, 0.3) is 0 Å². The van der Waals surface area contributed by atoms with E-state index in [0.717, 1.165) is 0 Å². The third-order valence-electron chi connectivity index (χ3n) is 13.9. The Kier molecular flexibility index (Phi) is 31.5. The molecule has 80 heavy (non-hydrogen) atoms. The Bertz CT molecular complexity index is 2860. The molecule has 0 bridgehead atoms. The summed E-state index contributed by atoms with van der Waals surface area (Å²) in [5, 5.41) is 4.60. The van der Waals surface area contributed by atoms with Crippen LogP contribution in [0.4, 0.5) is 0 Å². The van der Waals surface area contributed by atoms with Gasteiger partial charge >= 0.3 is 0 Å². The molecule has 8 rings (SSSR count). The highest BCUT2D eigenvalue weighted by molar-refractivity contribution is 14.1. The summed E-state index contributed by atoms with van der Waals surface area (Å²) in [6.07, 6.45) is 32.1. The topological polar surface area (TPSA) is 0 Å². The number of thiophene rings is 8. The van der Waals surface area contributed by atoms with Gasteiger partial charge in [0, 0.05) is 83.6 Å². The van der Waals surface area contributed by atoms with Crippen molar-refractivity contribution < 1.29 is 0 Å². The molecule has 0 aromatic carbocycles. The van der Waals surface area contributed by atoms with Crippen LogP contribution in [0.25, 0.3) is 68.3 Å². The van der Waals surface area contributed by atoms with Gasteiger partial charge in [-0.05, 0) is 188 Å². The molecule has 0 N–H and O–H groups in total. The maximum Gasteiger partial charge on any atom is 0.0596 e. The first kappa shape index (κ1) is 67.8. The number of hydrogen-bond donors (Lipinski definition) is 0. The number of hydrogen-bond acceptors (Lipinski definition) is 12. The van der Waals surface area contributed by atoms with Gasteiger partial charge < -0.3 is 0 Å². The summed E-state index contributed by atoms with van der Waals surface area (Å²) in [5.41, 5.74) is 0. The van der Waals surface area contributed by atoms with Crippen molar-refractivity contribution in [3.63, 3.8) is 0 Å². The fourth-order valence-corrected chi connectivity index (χ4v) is 28.3. The Balaban J connectivity index is 1.13. The summed E-state index contributed by atoms with van der Waals surface area (Å²) in [7, 11) is 0. The van der Waals surface area contributed by atoms with Crippen LogP contribution in [0, 0.1) is 14.3 Å². The molecule has 0 atom stereocenters. The van der Waals surface area contributed by atoms with Gasteiger partial charge in [-0.3, -0.25) is 0 Å². The lowest BCUT2D eigenvalue weighted by Crippen LogP contribution is -1.84. The minimum atomic E-state index is 1.18. The van der Waals surface area contributed by atoms with E-state index < -0.39 is 0 Å². The summed E-state index contributed by atoms with van der Waals surface area (Å²) in [4.78, 5) is 26.1. The average Bonchev–Trinajstić information content (AvgIpc) is 4.40. The van der Waals surface area contributed by atoms with E-state index >= 15 is 0 Å². The maximum absolute atomic E-state index is 2.67. The highest BCUT2D eigenvalue weighted by atomic mass is 127. The molecule has 0 saturated carbocycles. The van der Waals surface area contributed by atoms with Crippen molar-refractivity contribution in [3.05, 3.63) is 73.6 Å². The van der Waals surface area contributed by atoms with Crippen LogP contribution in [-0.2, 0) is 0 Å². The van der Waals surface area contributed by atoms with Crippen LogP contribution in [0.1, 0.15) is 182 Å². The average molecular weight is 1740 g/mol. The molecule has 0 radical (unpaired) electrons. The monoisotopic (exact) mass is 1740 g/mol. The Labute approximate surface area is 585 Å². The van der Waals surface area contributed by atoms with Gasteiger partial charge in [-0.15, -0.1) is 138 Å². The summed E-state index contributed by atoms with van der Waals surface area (Å²) < 4.78 is 5.44. The normalized spacial score (nSPS) is 11.8. The number of unbranched alkanes of at least 4 members (excludes halogenated alkanes) is 20. The minimum absolute atomic E-state index is 1.18. The first-order valence-corrected chi connectivity index (χ1v) is 44.2. The van der Waals surface area contributed by atoms with E-state index in [4.69, 9.17) is 0 Å². The molecule has 0 spiro atoms. The fraction of sp³-hybridized carbons (Fsp3) is 0.500. The molecule has 434 valence electrons. The maximum atomic E-state index is 2.67. The molecular weight excluding hydrogens is 1660 g/mol. The lowest BCUT2D eigenvalue weighted by Gasteiger charge is -2.06. The van der Waals surface area contributed by atoms with Gasteiger partial charge in [-0.25, -0.2) is 0 Å². The van der Waals surface area contributed by atoms with Crippen molar-refractivity contribution in [1.82, 2.24) is 0 Å². The molecule has 0 aliphatic carbocycles. The third kappa shape index (κ3) is 20.5. The van der Waals surface area contributed by atoms with E-state index in [9.17, 15) is 0 Å². The van der Waals surface area contributed by atoms with Crippen molar-refractivity contribution in [1.29, 1.82) is 0 Å². The fourth-order valence-electron chi connectivity index (χ4n) is 9.48. The van der Waals surface area contributed by atoms with Crippen LogP contribution in [0.15, 0.2) is 78.9 Å². The zero-order valence-corrected chi connectivity index (χ0v) is 65.4. The molecular formula is C64H78I4S12. The molecule has 0 aliphatic heterocycles. The van der Waals surface area contributed by atoms with E-state index in [1.807, 2.05) is 68.0 Å². The quantitative estimate of drug-likeness (QED) is 0.0214. The zero-order valence-electron chi connectivity index (χ0n) is 47.0. The molecule has 16 heteroatoms. The lowest BCUT2D eigenvalue weighted by molar-refractivity contribution is 0.627. The predicted molar refractivity (Wildman–Crippen MR) is 415 cm³/mol. The molecule has 8 aromatic rings. The summed E-state index contributed by atoms with van der Waals surface area (Å²) in [6, 6.07) is 20.0. The Morgan fingerprint density at radius 2 is 0.512 bits per heavy atom. The number of halogens is 4. The van der Waals surface area contributed by atoms with E-state index in [1.54, 1.807) is 0 Å². The van der Waals surface area contributed by atoms with Crippen molar-refractivity contribution in [2.24, 2.45) is 0 Å². The Morgan fingerprint density at radius 1 is 0.275 bits per heavy atom. The standard InChI is InChI=1S/C64H78I4S12/c1-5-9-13-17-21-25-29-69-55-37-51(47-33-43(65)41-73-47)77-61(55)59-45(67)35-49(75-59)53-39-57(71-31-27-23-19-15-11-7-3)63(79-53)64-58(72-32-28-24-20-16-12-8-4)40-54(80-64)50-36-46(68)60(76-50)62-56(70-30-26-22-18-14-10-6-2)38-52(78-62)48-34-44(66)42-74-48/h33-42H,5-32H2,1-4H3. The second-order valence-corrected chi connectivity index (χ2v) is 38.0. The molecule has 0 fully saturated rings. The van der Waals surface area contributed by atoms with Gasteiger partial charge in [-0.1, -0.05) is 156 Å². The second kappa shape index (κ2) is 37.2. The largest absolute Gasteiger partial charge is 0.142 e. The summed E-state index contributed by atoms with van der Waals surface area (Å²) >= 11 is 34.8. The number of rotatable bonds is 39. The van der Waals surface area contributed by atoms with Crippen molar-refractivity contribution in [2.45, 2.75) is 201 Å². The Morgan fingerprint density at radius 3 is 0.787 bits per heavy atom. The third-order valence-corrected chi connectivity index (χ3v) is 33.4. The molecule has 0 unspecified atom stereocenters. The van der Waals surface area contributed by atoms with Gasteiger partial charge in [0.1, 0.15) is 0 Å². The Hall–Kier alpha value is 1.92. The van der Waals surface area contributed by atoms with Crippen LogP contribution >= 0.6 is 228 Å². The molecule has 8 aromatic heterocycles. The smallest absolute Gasteiger partial charge is 0.0596 e. The SMILES string of the molecule is CCCCCCCCSc1cc(-c2cc(I)cs2)sc1-c1sc(-c2cc(SCCCCCCCC)c(-c3sc(-c4cc(I)c(-c5sc(-c6cc(I)cs6)cc5SCCCCCCCC)s4)cc3SCCCCCCCC)s2)cc1I. The zero-order chi connectivity index (χ0) is 56.1. The molecule has 8 heterocycles. The highest BCUT2D eigenvalue weighted by Crippen LogP contribution is 2.56. The molecule has 0 nitrogen and oxygen atoms in total. The van der Waals surface area contributed by atoms with Crippen molar-refractivity contribution in [3.8, 4) is 68.3 Å². The van der Waals surface area contributed by atoms with Gasteiger partial charge in [0.15, 0.2) is 0 Å². The van der Waals surface area contributed by atoms with Crippen LogP contribution in [0.5, 0.6) is 0 Å². The van der Waals surface area contributed by atoms with E-state index in [0.29, 0.717) is 0 Å². The van der Waals surface area contributed by atoms with Crippen molar-refractivity contribution in [2.75, 3.05) is 23.0 Å². The van der Waals surface area contributed by atoms with Crippen LogP contribution < -0.4 is 0 Å². The summed E-state index contributed by atoms with van der Waals surface area (Å²) in [6.45, 7) is 9.29. The van der Waals surface area contributed by atoms with Gasteiger partial charge in [0.05, 0.1) is 29.3 Å². The van der Waals surface area contributed by atoms with E-state index in [1.165, 1.54) is 279 Å². The second-order valence-electron chi connectivity index (χ2n) is 20.5. The van der Waals surface area contributed by atoms with E-state index in [-0.39, 0.29) is 0 Å². The van der Waals surface area contributed by atoms with Gasteiger partial charge in [-0.2, -0.15) is 0 Å². The van der Waals surface area contributed by atoms with Crippen LogP contribution in [-0.4, -0.2) is 23.0 Å².